The van der Waals surface area contributed by atoms with Crippen LogP contribution in [-0.2, 0) is 7.05 Å². The number of imidazole rings is 1. The molecule has 0 atom stereocenters. The van der Waals surface area contributed by atoms with Crippen LogP contribution >= 0.6 is 0 Å². The van der Waals surface area contributed by atoms with Crippen LogP contribution in [0.5, 0.6) is 5.75 Å². The van der Waals surface area contributed by atoms with Crippen LogP contribution in [0, 0.1) is 11.3 Å². The summed E-state index contributed by atoms with van der Waals surface area (Å²) < 4.78 is 6.96. The van der Waals surface area contributed by atoms with Crippen molar-refractivity contribution >= 4 is 22.9 Å². The highest BCUT2D eigenvalue weighted by molar-refractivity contribution is 6.05. The zero-order valence-electron chi connectivity index (χ0n) is 15.2. The van der Waals surface area contributed by atoms with Gasteiger partial charge in [0, 0.05) is 24.9 Å². The van der Waals surface area contributed by atoms with Gasteiger partial charge in [0.2, 0.25) is 5.95 Å². The van der Waals surface area contributed by atoms with Crippen molar-refractivity contribution in [2.75, 3.05) is 12.4 Å². The Morgan fingerprint density at radius 1 is 1.32 bits per heavy atom. The second-order valence-electron chi connectivity index (χ2n) is 6.15. The van der Waals surface area contributed by atoms with Gasteiger partial charge in [0.15, 0.2) is 0 Å². The van der Waals surface area contributed by atoms with E-state index in [0.717, 1.165) is 5.56 Å². The smallest absolute Gasteiger partial charge is 0.261 e. The molecule has 0 aliphatic rings. The van der Waals surface area contributed by atoms with Crippen molar-refractivity contribution in [2.24, 2.45) is 7.05 Å². The summed E-state index contributed by atoms with van der Waals surface area (Å²) in [5, 5.41) is 16.4. The number of carbonyl (C=O) groups is 1. The molecule has 28 heavy (non-hydrogen) atoms. The Kier molecular flexibility index (Phi) is 4.26. The molecule has 1 amide bonds. The van der Waals surface area contributed by atoms with Gasteiger partial charge in [-0.15, -0.1) is 0 Å². The zero-order valence-corrected chi connectivity index (χ0v) is 15.2. The van der Waals surface area contributed by atoms with E-state index in [2.05, 4.69) is 26.5 Å². The number of hydrogen-bond acceptors (Lipinski definition) is 5. The number of fused-ring (bicyclic) bond motifs is 1. The van der Waals surface area contributed by atoms with Gasteiger partial charge in [-0.25, -0.2) is 4.98 Å². The molecule has 0 unspecified atom stereocenters. The van der Waals surface area contributed by atoms with Crippen LogP contribution in [-0.4, -0.2) is 32.8 Å². The Bertz CT molecular complexity index is 1220. The van der Waals surface area contributed by atoms with Gasteiger partial charge in [-0.05, 0) is 5.56 Å². The molecule has 2 heterocycles. The predicted octanol–water partition coefficient (Wildman–Crippen LogP) is 3.10. The summed E-state index contributed by atoms with van der Waals surface area (Å²) in [5.41, 5.74) is 3.52. The van der Waals surface area contributed by atoms with Crippen LogP contribution in [0.2, 0.25) is 0 Å². The monoisotopic (exact) mass is 372 g/mol. The molecule has 0 fully saturated rings. The molecule has 0 aliphatic heterocycles. The number of aromatic nitrogens is 4. The number of nitriles is 1. The van der Waals surface area contributed by atoms with E-state index in [4.69, 9.17) is 4.74 Å². The molecule has 0 radical (unpaired) electrons. The van der Waals surface area contributed by atoms with Gasteiger partial charge in [-0.2, -0.15) is 10.4 Å². The summed E-state index contributed by atoms with van der Waals surface area (Å²) in [5.74, 6) is 0.392. The van der Waals surface area contributed by atoms with E-state index in [1.54, 1.807) is 24.0 Å². The molecule has 2 aromatic carbocycles. The Labute approximate surface area is 160 Å². The third kappa shape index (κ3) is 2.95. The van der Waals surface area contributed by atoms with E-state index in [-0.39, 0.29) is 11.9 Å². The first-order chi connectivity index (χ1) is 13.6. The van der Waals surface area contributed by atoms with Gasteiger partial charge in [0.25, 0.3) is 5.91 Å². The fraction of sp³-hybridized carbons (Fsp3) is 0.100. The first-order valence-electron chi connectivity index (χ1n) is 8.47. The largest absolute Gasteiger partial charge is 0.494 e. The van der Waals surface area contributed by atoms with Gasteiger partial charge in [0.05, 0.1) is 30.5 Å². The maximum absolute atomic E-state index is 12.4. The summed E-state index contributed by atoms with van der Waals surface area (Å²) in [6.45, 7) is 0. The number of aryl methyl sites for hydroxylation is 1. The minimum atomic E-state index is -0.340. The van der Waals surface area contributed by atoms with E-state index < -0.39 is 0 Å². The number of methoxy groups -OCH3 is 1. The molecule has 0 spiro atoms. The van der Waals surface area contributed by atoms with Crippen molar-refractivity contribution in [1.29, 1.82) is 5.26 Å². The highest BCUT2D eigenvalue weighted by Gasteiger charge is 2.19. The quantitative estimate of drug-likeness (QED) is 0.572. The molecule has 4 aromatic rings. The van der Waals surface area contributed by atoms with Crippen molar-refractivity contribution in [1.82, 2.24) is 19.7 Å². The molecule has 138 valence electrons. The van der Waals surface area contributed by atoms with E-state index >= 15 is 0 Å². The first-order valence-corrected chi connectivity index (χ1v) is 8.47. The number of aromatic amines is 1. The number of amides is 1. The fourth-order valence-electron chi connectivity index (χ4n) is 3.06. The highest BCUT2D eigenvalue weighted by atomic mass is 16.5. The number of carbonyl (C=O) groups excluding carboxylic acids is 1. The van der Waals surface area contributed by atoms with Gasteiger partial charge in [-0.3, -0.25) is 14.8 Å². The maximum Gasteiger partial charge on any atom is 0.261 e. The first kappa shape index (κ1) is 17.3. The van der Waals surface area contributed by atoms with Crippen LogP contribution in [0.25, 0.3) is 22.2 Å². The molecular weight excluding hydrogens is 356 g/mol. The van der Waals surface area contributed by atoms with E-state index in [1.807, 2.05) is 30.3 Å². The molecular formula is C20H16N6O2. The molecule has 8 nitrogen and oxygen atoms in total. The summed E-state index contributed by atoms with van der Waals surface area (Å²) in [7, 11) is 3.26. The number of H-pyrrole nitrogens is 1. The van der Waals surface area contributed by atoms with Crippen molar-refractivity contribution in [3.05, 3.63) is 59.9 Å². The average molecular weight is 372 g/mol. The third-order valence-electron chi connectivity index (χ3n) is 4.33. The minimum Gasteiger partial charge on any atom is -0.494 e. The normalized spacial score (nSPS) is 10.6. The number of rotatable bonds is 4. The van der Waals surface area contributed by atoms with E-state index in [0.29, 0.717) is 33.5 Å². The van der Waals surface area contributed by atoms with Crippen LogP contribution < -0.4 is 10.1 Å². The summed E-state index contributed by atoms with van der Waals surface area (Å²) >= 11 is 0. The molecule has 8 heteroatoms. The lowest BCUT2D eigenvalue weighted by atomic mass is 9.98. The van der Waals surface area contributed by atoms with Crippen molar-refractivity contribution < 1.29 is 9.53 Å². The number of benzene rings is 2. The topological polar surface area (TPSA) is 109 Å². The van der Waals surface area contributed by atoms with Crippen molar-refractivity contribution in [3.63, 3.8) is 0 Å². The molecule has 4 rings (SSSR count). The summed E-state index contributed by atoms with van der Waals surface area (Å²) in [6.07, 6.45) is 3.09. The number of hydrogen-bond donors (Lipinski definition) is 2. The van der Waals surface area contributed by atoms with Gasteiger partial charge in [-0.1, -0.05) is 30.3 Å². The molecule has 2 aromatic heterocycles. The van der Waals surface area contributed by atoms with Crippen LogP contribution in [0.15, 0.2) is 48.8 Å². The van der Waals surface area contributed by atoms with Gasteiger partial charge >= 0.3 is 0 Å². The minimum absolute atomic E-state index is 0.259. The SMILES string of the molecule is COc1cc(C#N)c(-c2ccccc2)c2nc(NC(=O)c3cnn(C)c3)[nH]c12. The molecule has 2 N–H and O–H groups in total. The Morgan fingerprint density at radius 2 is 2.11 bits per heavy atom. The third-order valence-corrected chi connectivity index (χ3v) is 4.33. The number of anilines is 1. The summed E-state index contributed by atoms with van der Waals surface area (Å²) in [6, 6.07) is 13.4. The molecule has 0 saturated heterocycles. The number of ether oxygens (including phenoxy) is 1. The predicted molar refractivity (Wildman–Crippen MR) is 104 cm³/mol. The Hall–Kier alpha value is -4.12. The number of nitrogens with one attached hydrogen (secondary N) is 2. The van der Waals surface area contributed by atoms with Gasteiger partial charge in [0.1, 0.15) is 16.8 Å². The molecule has 0 saturated carbocycles. The lowest BCUT2D eigenvalue weighted by molar-refractivity contribution is 0.102. The van der Waals surface area contributed by atoms with E-state index in [1.165, 1.54) is 13.3 Å². The number of nitrogens with zero attached hydrogens (tertiary/aromatic N) is 4. The Morgan fingerprint density at radius 3 is 2.75 bits per heavy atom. The van der Waals surface area contributed by atoms with E-state index in [9.17, 15) is 10.1 Å². The second kappa shape index (κ2) is 6.89. The molecule has 0 bridgehead atoms. The van der Waals surface area contributed by atoms with Crippen molar-refractivity contribution in [2.45, 2.75) is 0 Å². The lowest BCUT2D eigenvalue weighted by Gasteiger charge is -2.08. The standard InChI is InChI=1S/C20H16N6O2/c1-26-11-14(10-22-26)19(27)25-20-23-17-15(28-2)8-13(9-21)16(18(17)24-20)12-6-4-3-5-7-12/h3-8,10-11H,1-2H3,(H2,23,24,25,27). The molecule has 0 aliphatic carbocycles. The second-order valence-corrected chi connectivity index (χ2v) is 6.15. The van der Waals surface area contributed by atoms with Crippen LogP contribution in [0.1, 0.15) is 15.9 Å². The Balaban J connectivity index is 1.85. The average Bonchev–Trinajstić information content (AvgIpc) is 3.33. The fourth-order valence-corrected chi connectivity index (χ4v) is 3.06. The van der Waals surface area contributed by atoms with Crippen molar-refractivity contribution in [3.8, 4) is 22.9 Å². The summed E-state index contributed by atoms with van der Waals surface area (Å²) in [4.78, 5) is 20.0. The highest BCUT2D eigenvalue weighted by Crippen LogP contribution is 2.37. The zero-order chi connectivity index (χ0) is 19.7. The van der Waals surface area contributed by atoms with Crippen LogP contribution in [0.3, 0.4) is 0 Å². The van der Waals surface area contributed by atoms with Gasteiger partial charge < -0.3 is 9.72 Å². The maximum atomic E-state index is 12.4. The lowest BCUT2D eigenvalue weighted by Crippen LogP contribution is -2.12. The van der Waals surface area contributed by atoms with Crippen LogP contribution in [0.4, 0.5) is 5.95 Å².